The van der Waals surface area contributed by atoms with Gasteiger partial charge in [0.2, 0.25) is 5.78 Å². The highest BCUT2D eigenvalue weighted by atomic mass is 35.5. The molecule has 0 saturated heterocycles. The van der Waals surface area contributed by atoms with Crippen molar-refractivity contribution < 1.29 is 19.1 Å². The quantitative estimate of drug-likeness (QED) is 0.541. The monoisotopic (exact) mass is 409 g/mol. The third-order valence-electron chi connectivity index (χ3n) is 4.27. The number of carbonyl (C=O) groups is 2. The number of hydrogen-bond acceptors (Lipinski definition) is 4. The van der Waals surface area contributed by atoms with E-state index in [1.54, 1.807) is 86.8 Å². The van der Waals surface area contributed by atoms with Crippen molar-refractivity contribution in [1.82, 2.24) is 0 Å². The third-order valence-corrected chi connectivity index (χ3v) is 4.60. The van der Waals surface area contributed by atoms with E-state index < -0.39 is 6.10 Å². The van der Waals surface area contributed by atoms with Crippen LogP contribution in [0.3, 0.4) is 0 Å². The van der Waals surface area contributed by atoms with Gasteiger partial charge in [-0.25, -0.2) is 0 Å². The Bertz CT molecular complexity index is 1020. The minimum atomic E-state index is -0.696. The van der Waals surface area contributed by atoms with Crippen molar-refractivity contribution >= 4 is 29.0 Å². The van der Waals surface area contributed by atoms with Crippen LogP contribution in [0.5, 0.6) is 11.5 Å². The minimum absolute atomic E-state index is 0.154. The molecule has 5 nitrogen and oxygen atoms in total. The molecule has 0 aliphatic carbocycles. The van der Waals surface area contributed by atoms with Gasteiger partial charge in [-0.3, -0.25) is 9.59 Å². The van der Waals surface area contributed by atoms with Gasteiger partial charge in [0.25, 0.3) is 5.91 Å². The van der Waals surface area contributed by atoms with Crippen LogP contribution in [0.25, 0.3) is 0 Å². The Kier molecular flexibility index (Phi) is 6.52. The van der Waals surface area contributed by atoms with E-state index in [2.05, 4.69) is 5.32 Å². The SMILES string of the molecule is COc1ccc(C(=O)[C@@H](C)Oc2cccc(NC(=O)c3ccccc3Cl)c2)cc1. The van der Waals surface area contributed by atoms with Crippen molar-refractivity contribution in [2.24, 2.45) is 0 Å². The Balaban J connectivity index is 1.68. The smallest absolute Gasteiger partial charge is 0.257 e. The van der Waals surface area contributed by atoms with Crippen LogP contribution >= 0.6 is 11.6 Å². The van der Waals surface area contributed by atoms with Crippen molar-refractivity contribution in [2.75, 3.05) is 12.4 Å². The van der Waals surface area contributed by atoms with Gasteiger partial charge < -0.3 is 14.8 Å². The summed E-state index contributed by atoms with van der Waals surface area (Å²) in [4.78, 5) is 25.0. The molecule has 29 heavy (non-hydrogen) atoms. The van der Waals surface area contributed by atoms with E-state index in [-0.39, 0.29) is 11.7 Å². The summed E-state index contributed by atoms with van der Waals surface area (Å²) in [5.74, 6) is 0.668. The summed E-state index contributed by atoms with van der Waals surface area (Å²) in [6.45, 7) is 1.68. The maximum Gasteiger partial charge on any atom is 0.257 e. The van der Waals surface area contributed by atoms with Crippen molar-refractivity contribution in [3.8, 4) is 11.5 Å². The van der Waals surface area contributed by atoms with Crippen molar-refractivity contribution in [3.63, 3.8) is 0 Å². The number of anilines is 1. The van der Waals surface area contributed by atoms with Gasteiger partial charge in [0, 0.05) is 17.3 Å². The van der Waals surface area contributed by atoms with E-state index in [0.717, 1.165) is 0 Å². The largest absolute Gasteiger partial charge is 0.497 e. The molecular formula is C23H20ClNO4. The predicted molar refractivity (Wildman–Crippen MR) is 113 cm³/mol. The van der Waals surface area contributed by atoms with Crippen LogP contribution in [0.1, 0.15) is 27.6 Å². The number of amides is 1. The Morgan fingerprint density at radius 1 is 0.931 bits per heavy atom. The zero-order valence-electron chi connectivity index (χ0n) is 16.0. The number of methoxy groups -OCH3 is 1. The lowest BCUT2D eigenvalue weighted by atomic mass is 10.1. The summed E-state index contributed by atoms with van der Waals surface area (Å²) in [7, 11) is 1.57. The topological polar surface area (TPSA) is 64.6 Å². The molecule has 0 heterocycles. The van der Waals surface area contributed by atoms with E-state index in [9.17, 15) is 9.59 Å². The number of ketones is 1. The molecule has 0 spiro atoms. The van der Waals surface area contributed by atoms with Gasteiger partial charge >= 0.3 is 0 Å². The van der Waals surface area contributed by atoms with E-state index in [0.29, 0.717) is 33.3 Å². The van der Waals surface area contributed by atoms with E-state index in [4.69, 9.17) is 21.1 Å². The Labute approximate surface area is 174 Å². The van der Waals surface area contributed by atoms with Gasteiger partial charge in [-0.15, -0.1) is 0 Å². The Morgan fingerprint density at radius 3 is 2.34 bits per heavy atom. The first-order chi connectivity index (χ1) is 14.0. The molecule has 3 aromatic carbocycles. The molecule has 3 aromatic rings. The standard InChI is InChI=1S/C23H20ClNO4/c1-15(22(26)16-10-12-18(28-2)13-11-16)29-19-7-5-6-17(14-19)25-23(27)20-8-3-4-9-21(20)24/h3-15H,1-2H3,(H,25,27)/t15-/m1/s1. The molecule has 0 unspecified atom stereocenters. The molecule has 0 radical (unpaired) electrons. The number of carbonyl (C=O) groups excluding carboxylic acids is 2. The molecule has 0 fully saturated rings. The van der Waals surface area contributed by atoms with Crippen LogP contribution in [0.2, 0.25) is 5.02 Å². The second-order valence-corrected chi connectivity index (χ2v) is 6.72. The lowest BCUT2D eigenvalue weighted by Gasteiger charge is -2.15. The molecule has 1 atom stereocenters. The molecular weight excluding hydrogens is 390 g/mol. The zero-order chi connectivity index (χ0) is 20.8. The average Bonchev–Trinajstić information content (AvgIpc) is 2.73. The van der Waals surface area contributed by atoms with E-state index >= 15 is 0 Å². The number of halogens is 1. The molecule has 0 aromatic heterocycles. The highest BCUT2D eigenvalue weighted by Crippen LogP contribution is 2.22. The van der Waals surface area contributed by atoms with Crippen LogP contribution in [0, 0.1) is 0 Å². The second-order valence-electron chi connectivity index (χ2n) is 6.31. The van der Waals surface area contributed by atoms with Crippen LogP contribution in [-0.2, 0) is 0 Å². The van der Waals surface area contributed by atoms with Crippen molar-refractivity contribution in [2.45, 2.75) is 13.0 Å². The molecule has 1 amide bonds. The zero-order valence-corrected chi connectivity index (χ0v) is 16.8. The summed E-state index contributed by atoms with van der Waals surface area (Å²) in [6, 6.07) is 20.5. The molecule has 148 valence electrons. The van der Waals surface area contributed by atoms with Crippen molar-refractivity contribution in [1.29, 1.82) is 0 Å². The highest BCUT2D eigenvalue weighted by molar-refractivity contribution is 6.34. The molecule has 1 N–H and O–H groups in total. The summed E-state index contributed by atoms with van der Waals surface area (Å²) < 4.78 is 10.9. The Morgan fingerprint density at radius 2 is 1.66 bits per heavy atom. The summed E-state index contributed by atoms with van der Waals surface area (Å²) >= 11 is 6.07. The normalized spacial score (nSPS) is 11.4. The van der Waals surface area contributed by atoms with Crippen LogP contribution in [0.4, 0.5) is 5.69 Å². The molecule has 6 heteroatoms. The molecule has 0 bridgehead atoms. The van der Waals surface area contributed by atoms with Gasteiger partial charge in [-0.2, -0.15) is 0 Å². The number of hydrogen-bond donors (Lipinski definition) is 1. The maximum absolute atomic E-state index is 12.6. The van der Waals surface area contributed by atoms with Gasteiger partial charge in [0.15, 0.2) is 6.10 Å². The number of Topliss-reactive ketones (excluding diaryl/α,β-unsaturated/α-hetero) is 1. The van der Waals surface area contributed by atoms with Gasteiger partial charge in [0.05, 0.1) is 17.7 Å². The highest BCUT2D eigenvalue weighted by Gasteiger charge is 2.17. The predicted octanol–water partition coefficient (Wildman–Crippen LogP) is 5.25. The fraction of sp³-hybridized carbons (Fsp3) is 0.130. The molecule has 0 aliphatic heterocycles. The first-order valence-corrected chi connectivity index (χ1v) is 9.36. The molecule has 0 saturated carbocycles. The number of nitrogens with one attached hydrogen (secondary N) is 1. The van der Waals surface area contributed by atoms with Gasteiger partial charge in [0.1, 0.15) is 11.5 Å². The summed E-state index contributed by atoms with van der Waals surface area (Å²) in [5, 5.41) is 3.16. The fourth-order valence-corrected chi connectivity index (χ4v) is 2.96. The van der Waals surface area contributed by atoms with Crippen LogP contribution < -0.4 is 14.8 Å². The minimum Gasteiger partial charge on any atom is -0.497 e. The number of rotatable bonds is 7. The second kappa shape index (κ2) is 9.26. The first kappa shape index (κ1) is 20.4. The number of benzene rings is 3. The molecule has 3 rings (SSSR count). The van der Waals surface area contributed by atoms with Gasteiger partial charge in [-0.05, 0) is 55.5 Å². The average molecular weight is 410 g/mol. The fourth-order valence-electron chi connectivity index (χ4n) is 2.74. The number of ether oxygens (including phenoxy) is 2. The van der Waals surface area contributed by atoms with E-state index in [1.165, 1.54) is 0 Å². The Hall–Kier alpha value is -3.31. The van der Waals surface area contributed by atoms with Crippen LogP contribution in [-0.4, -0.2) is 24.9 Å². The third kappa shape index (κ3) is 5.15. The summed E-state index contributed by atoms with van der Waals surface area (Å²) in [6.07, 6.45) is -0.696. The molecule has 0 aliphatic rings. The van der Waals surface area contributed by atoms with Gasteiger partial charge in [-0.1, -0.05) is 29.8 Å². The van der Waals surface area contributed by atoms with E-state index in [1.807, 2.05) is 0 Å². The van der Waals surface area contributed by atoms with Crippen LogP contribution in [0.15, 0.2) is 72.8 Å². The lowest BCUT2D eigenvalue weighted by Crippen LogP contribution is -2.24. The lowest BCUT2D eigenvalue weighted by molar-refractivity contribution is 0.0818. The first-order valence-electron chi connectivity index (χ1n) is 8.99. The maximum atomic E-state index is 12.6. The van der Waals surface area contributed by atoms with Crippen molar-refractivity contribution in [3.05, 3.63) is 88.9 Å². The summed E-state index contributed by atoms with van der Waals surface area (Å²) in [5.41, 5.74) is 1.45.